The number of guanidine groups is 1. The summed E-state index contributed by atoms with van der Waals surface area (Å²) in [4.78, 5) is 21.0. The van der Waals surface area contributed by atoms with E-state index in [9.17, 15) is 4.79 Å². The number of benzene rings is 1. The molecule has 1 aliphatic heterocycles. The molecule has 1 saturated carbocycles. The summed E-state index contributed by atoms with van der Waals surface area (Å²) in [6, 6.07) is 8.21. The van der Waals surface area contributed by atoms with Gasteiger partial charge in [0.15, 0.2) is 5.96 Å². The first-order valence-electron chi connectivity index (χ1n) is 9.00. The first-order chi connectivity index (χ1) is 11.9. The first kappa shape index (κ1) is 17.7. The van der Waals surface area contributed by atoms with E-state index >= 15 is 0 Å². The van der Waals surface area contributed by atoms with Crippen LogP contribution in [-0.2, 0) is 11.3 Å². The Labute approximate surface area is 149 Å². The van der Waals surface area contributed by atoms with Gasteiger partial charge < -0.3 is 20.3 Å². The largest absolute Gasteiger partial charge is 0.372 e. The summed E-state index contributed by atoms with van der Waals surface area (Å²) in [5.41, 5.74) is 7.77. The number of carbonyl (C=O) groups is 1. The average Bonchev–Trinajstić information content (AvgIpc) is 3.43. The highest BCUT2D eigenvalue weighted by atomic mass is 16.5. The maximum atomic E-state index is 12.7. The fourth-order valence-corrected chi connectivity index (χ4v) is 3.21. The minimum absolute atomic E-state index is 0.0602. The van der Waals surface area contributed by atoms with Crippen molar-refractivity contribution in [3.63, 3.8) is 0 Å². The summed E-state index contributed by atoms with van der Waals surface area (Å²) in [5.74, 6) is 0.643. The van der Waals surface area contributed by atoms with Gasteiger partial charge in [0.25, 0.3) is 5.91 Å². The second kappa shape index (κ2) is 7.44. The third-order valence-corrected chi connectivity index (χ3v) is 4.79. The van der Waals surface area contributed by atoms with E-state index in [-0.39, 0.29) is 18.1 Å². The zero-order valence-corrected chi connectivity index (χ0v) is 15.3. The lowest BCUT2D eigenvalue weighted by Gasteiger charge is -2.35. The standard InChI is InChI=1S/C19H28N4O2/c1-13-11-23(12-14(2)25-13)18(24)16-6-4-15(5-7-16)10-21-19(20)22(3)17-8-9-17/h4-7,13-14,17H,8-12H2,1-3H3,(H2,20,21). The van der Waals surface area contributed by atoms with Crippen LogP contribution < -0.4 is 5.73 Å². The Bertz CT molecular complexity index is 629. The van der Waals surface area contributed by atoms with Gasteiger partial charge in [0.1, 0.15) is 0 Å². The van der Waals surface area contributed by atoms with Crippen LogP contribution in [0.1, 0.15) is 42.6 Å². The van der Waals surface area contributed by atoms with Crippen LogP contribution in [0, 0.1) is 0 Å². The zero-order valence-electron chi connectivity index (χ0n) is 15.3. The first-order valence-corrected chi connectivity index (χ1v) is 9.00. The van der Waals surface area contributed by atoms with E-state index in [1.165, 1.54) is 12.8 Å². The van der Waals surface area contributed by atoms with Gasteiger partial charge in [-0.1, -0.05) is 12.1 Å². The zero-order chi connectivity index (χ0) is 18.0. The number of morpholine rings is 1. The van der Waals surface area contributed by atoms with Gasteiger partial charge in [-0.25, -0.2) is 4.99 Å². The highest BCUT2D eigenvalue weighted by Crippen LogP contribution is 2.25. The fraction of sp³-hybridized carbons (Fsp3) is 0.579. The van der Waals surface area contributed by atoms with E-state index < -0.39 is 0 Å². The van der Waals surface area contributed by atoms with Gasteiger partial charge >= 0.3 is 0 Å². The van der Waals surface area contributed by atoms with Gasteiger partial charge in [-0.2, -0.15) is 0 Å². The predicted octanol–water partition coefficient (Wildman–Crippen LogP) is 1.84. The van der Waals surface area contributed by atoms with Gasteiger partial charge in [-0.3, -0.25) is 4.79 Å². The Morgan fingerprint density at radius 3 is 2.40 bits per heavy atom. The molecule has 1 aromatic rings. The Morgan fingerprint density at radius 1 is 1.24 bits per heavy atom. The Balaban J connectivity index is 1.59. The molecule has 6 heteroatoms. The molecule has 3 rings (SSSR count). The molecule has 0 aromatic heterocycles. The smallest absolute Gasteiger partial charge is 0.254 e. The van der Waals surface area contributed by atoms with Gasteiger partial charge in [-0.15, -0.1) is 0 Å². The fourth-order valence-electron chi connectivity index (χ4n) is 3.21. The van der Waals surface area contributed by atoms with Crippen LogP contribution in [-0.4, -0.2) is 60.1 Å². The minimum atomic E-state index is 0.0602. The second-order valence-electron chi connectivity index (χ2n) is 7.18. The monoisotopic (exact) mass is 344 g/mol. The van der Waals surface area contributed by atoms with Crippen molar-refractivity contribution in [2.24, 2.45) is 10.7 Å². The molecule has 2 N–H and O–H groups in total. The van der Waals surface area contributed by atoms with Crippen molar-refractivity contribution < 1.29 is 9.53 Å². The summed E-state index contributed by atoms with van der Waals surface area (Å²) in [5, 5.41) is 0. The Kier molecular flexibility index (Phi) is 5.27. The maximum absolute atomic E-state index is 12.7. The van der Waals surface area contributed by atoms with Crippen LogP contribution in [0.25, 0.3) is 0 Å². The van der Waals surface area contributed by atoms with Crippen LogP contribution in [0.3, 0.4) is 0 Å². The number of hydrogen-bond donors (Lipinski definition) is 1. The normalized spacial score (nSPS) is 24.3. The molecule has 1 aromatic carbocycles. The van der Waals surface area contributed by atoms with E-state index in [1.54, 1.807) is 0 Å². The molecule has 1 amide bonds. The Hall–Kier alpha value is -2.08. The summed E-state index contributed by atoms with van der Waals surface area (Å²) < 4.78 is 5.69. The van der Waals surface area contributed by atoms with E-state index in [4.69, 9.17) is 10.5 Å². The van der Waals surface area contributed by atoms with Gasteiger partial charge in [0.2, 0.25) is 0 Å². The molecule has 1 aliphatic carbocycles. The van der Waals surface area contributed by atoms with Crippen molar-refractivity contribution in [1.29, 1.82) is 0 Å². The van der Waals surface area contributed by atoms with E-state index in [1.807, 2.05) is 55.0 Å². The molecule has 0 spiro atoms. The van der Waals surface area contributed by atoms with Crippen LogP contribution >= 0.6 is 0 Å². The number of hydrogen-bond acceptors (Lipinski definition) is 3. The van der Waals surface area contributed by atoms with E-state index in [0.717, 1.165) is 5.56 Å². The van der Waals surface area contributed by atoms with Crippen LogP contribution in [0.5, 0.6) is 0 Å². The van der Waals surface area contributed by atoms with E-state index in [2.05, 4.69) is 4.99 Å². The van der Waals surface area contributed by atoms with Crippen molar-refractivity contribution in [1.82, 2.24) is 9.80 Å². The minimum Gasteiger partial charge on any atom is -0.372 e. The molecule has 1 heterocycles. The average molecular weight is 344 g/mol. The number of rotatable bonds is 4. The number of amides is 1. The molecule has 25 heavy (non-hydrogen) atoms. The third kappa shape index (κ3) is 4.51. The molecule has 2 unspecified atom stereocenters. The maximum Gasteiger partial charge on any atom is 0.254 e. The van der Waals surface area contributed by atoms with Crippen LogP contribution in [0.15, 0.2) is 29.3 Å². The predicted molar refractivity (Wildman–Crippen MR) is 98.5 cm³/mol. The molecule has 2 aliphatic rings. The topological polar surface area (TPSA) is 71.2 Å². The summed E-state index contributed by atoms with van der Waals surface area (Å²) in [7, 11) is 1.99. The highest BCUT2D eigenvalue weighted by Gasteiger charge is 2.27. The number of aliphatic imine (C=N–C) groups is 1. The molecule has 0 radical (unpaired) electrons. The molecule has 136 valence electrons. The molecule has 1 saturated heterocycles. The molecule has 2 atom stereocenters. The van der Waals surface area contributed by atoms with Gasteiger partial charge in [0.05, 0.1) is 18.8 Å². The number of carbonyl (C=O) groups excluding carboxylic acids is 1. The Morgan fingerprint density at radius 2 is 1.84 bits per heavy atom. The van der Waals surface area contributed by atoms with Crippen molar-refractivity contribution in [2.75, 3.05) is 20.1 Å². The third-order valence-electron chi connectivity index (χ3n) is 4.79. The lowest BCUT2D eigenvalue weighted by molar-refractivity contribution is -0.0586. The number of nitrogens with zero attached hydrogens (tertiary/aromatic N) is 3. The van der Waals surface area contributed by atoms with Gasteiger partial charge in [-0.05, 0) is 44.4 Å². The summed E-state index contributed by atoms with van der Waals surface area (Å²) >= 11 is 0. The highest BCUT2D eigenvalue weighted by molar-refractivity contribution is 5.94. The molecule has 2 fully saturated rings. The number of ether oxygens (including phenoxy) is 1. The summed E-state index contributed by atoms with van der Waals surface area (Å²) in [6.45, 7) is 5.81. The van der Waals surface area contributed by atoms with Crippen LogP contribution in [0.4, 0.5) is 0 Å². The van der Waals surface area contributed by atoms with Crippen molar-refractivity contribution >= 4 is 11.9 Å². The lowest BCUT2D eigenvalue weighted by atomic mass is 10.1. The molecular weight excluding hydrogens is 316 g/mol. The number of nitrogens with two attached hydrogens (primary N) is 1. The van der Waals surface area contributed by atoms with E-state index in [0.29, 0.717) is 37.2 Å². The second-order valence-corrected chi connectivity index (χ2v) is 7.18. The van der Waals surface area contributed by atoms with Crippen molar-refractivity contribution in [3.05, 3.63) is 35.4 Å². The summed E-state index contributed by atoms with van der Waals surface area (Å²) in [6.07, 6.45) is 2.55. The quantitative estimate of drug-likeness (QED) is 0.668. The van der Waals surface area contributed by atoms with Crippen LogP contribution in [0.2, 0.25) is 0 Å². The molecule has 6 nitrogen and oxygen atoms in total. The molecular formula is C19H28N4O2. The molecule has 0 bridgehead atoms. The van der Waals surface area contributed by atoms with Crippen molar-refractivity contribution in [2.45, 2.75) is 51.5 Å². The van der Waals surface area contributed by atoms with Crippen molar-refractivity contribution in [3.8, 4) is 0 Å². The SMILES string of the molecule is CC1CN(C(=O)c2ccc(CN=C(N)N(C)C3CC3)cc2)CC(C)O1. The van der Waals surface area contributed by atoms with Gasteiger partial charge in [0, 0.05) is 31.7 Å². The lowest BCUT2D eigenvalue weighted by Crippen LogP contribution is -2.48.